The minimum absolute atomic E-state index is 0.178. The van der Waals surface area contributed by atoms with Gasteiger partial charge in [-0.2, -0.15) is 0 Å². The Kier molecular flexibility index (Phi) is 12.8. The van der Waals surface area contributed by atoms with Gasteiger partial charge in [0.2, 0.25) is 0 Å². The molecule has 0 aliphatic heterocycles. The highest BCUT2D eigenvalue weighted by atomic mass is 28.5. The van der Waals surface area contributed by atoms with Crippen LogP contribution in [-0.2, 0) is 17.1 Å². The maximum absolute atomic E-state index is 9.30. The van der Waals surface area contributed by atoms with Crippen molar-refractivity contribution in [1.82, 2.24) is 0 Å². The zero-order valence-corrected chi connectivity index (χ0v) is 23.8. The van der Waals surface area contributed by atoms with Crippen LogP contribution in [0.25, 0.3) is 0 Å². The van der Waals surface area contributed by atoms with Gasteiger partial charge < -0.3 is 27.3 Å². The lowest BCUT2D eigenvalue weighted by molar-refractivity contribution is 0.00638. The van der Waals surface area contributed by atoms with Gasteiger partial charge in [-0.05, 0) is 70.9 Å². The van der Waals surface area contributed by atoms with Crippen LogP contribution < -0.4 is 0 Å². The van der Waals surface area contributed by atoms with Gasteiger partial charge >= 0.3 is 17.1 Å². The molecule has 0 fully saturated rings. The number of aliphatic hydroxyl groups excluding tert-OH is 2. The van der Waals surface area contributed by atoms with E-state index in [2.05, 4.69) is 59.3 Å². The number of unbranched alkanes of at least 4 members (excludes halogenated alkanes) is 1. The fourth-order valence-electron chi connectivity index (χ4n) is 3.54. The summed E-state index contributed by atoms with van der Waals surface area (Å²) in [4.78, 5) is 0. The zero-order chi connectivity index (χ0) is 22.1. The monoisotopic (exact) mass is 470 g/mol. The van der Waals surface area contributed by atoms with Crippen LogP contribution in [0.4, 0.5) is 0 Å². The smallest absolute Gasteiger partial charge is 0.312 e. The van der Waals surface area contributed by atoms with Crippen molar-refractivity contribution in [2.24, 2.45) is 0 Å². The second kappa shape index (κ2) is 12.5. The third-order valence-electron chi connectivity index (χ3n) is 4.26. The fourth-order valence-corrected chi connectivity index (χ4v) is 23.0. The number of rotatable bonds is 16. The van der Waals surface area contributed by atoms with Gasteiger partial charge in [0.05, 0.1) is 13.2 Å². The van der Waals surface area contributed by atoms with Crippen LogP contribution in [0.3, 0.4) is 0 Å². The minimum atomic E-state index is -2.29. The molecule has 0 aromatic heterocycles. The Hall–Kier alpha value is 0.628. The molecule has 0 radical (unpaired) electrons. The van der Waals surface area contributed by atoms with Gasteiger partial charge in [-0.15, -0.1) is 0 Å². The molecule has 0 amide bonds. The number of hydrogen-bond donors (Lipinski definition) is 2. The lowest BCUT2D eigenvalue weighted by Gasteiger charge is -2.41. The van der Waals surface area contributed by atoms with Gasteiger partial charge in [-0.1, -0.05) is 19.8 Å². The summed E-state index contributed by atoms with van der Waals surface area (Å²) in [6.07, 6.45) is 2.52. The first kappa shape index (κ1) is 28.6. The molecule has 0 saturated carbocycles. The predicted molar refractivity (Wildman–Crippen MR) is 126 cm³/mol. The van der Waals surface area contributed by atoms with Crippen molar-refractivity contribution < 1.29 is 27.3 Å². The van der Waals surface area contributed by atoms with Gasteiger partial charge in [-0.3, -0.25) is 0 Å². The summed E-state index contributed by atoms with van der Waals surface area (Å²) in [5.41, 5.74) is 0. The Labute approximate surface area is 177 Å². The molecule has 0 bridgehead atoms. The average Bonchev–Trinajstić information content (AvgIpc) is 2.48. The van der Waals surface area contributed by atoms with E-state index >= 15 is 0 Å². The number of aliphatic hydroxyl groups is 2. The van der Waals surface area contributed by atoms with Crippen molar-refractivity contribution in [3.63, 3.8) is 0 Å². The lowest BCUT2D eigenvalue weighted by atomic mass is 10.4. The van der Waals surface area contributed by atoms with Crippen molar-refractivity contribution in [2.75, 3.05) is 19.8 Å². The molecule has 0 saturated heterocycles. The molecule has 0 spiro atoms. The molecule has 0 heterocycles. The molecule has 1 unspecified atom stereocenters. The Balaban J connectivity index is 4.53. The predicted octanol–water partition coefficient (Wildman–Crippen LogP) is 4.41. The summed E-state index contributed by atoms with van der Waals surface area (Å²) in [6.45, 7) is 20.3. The fraction of sp³-hybridized carbons (Fsp3) is 1.00. The molecule has 0 aliphatic rings. The van der Waals surface area contributed by atoms with E-state index in [9.17, 15) is 5.11 Å². The van der Waals surface area contributed by atoms with Crippen molar-refractivity contribution in [2.45, 2.75) is 96.8 Å². The van der Waals surface area contributed by atoms with Crippen molar-refractivity contribution in [3.8, 4) is 0 Å². The van der Waals surface area contributed by atoms with Gasteiger partial charge in [0.25, 0.3) is 0 Å². The Morgan fingerprint density at radius 3 is 1.64 bits per heavy atom. The molecule has 10 heteroatoms. The normalized spacial score (nSPS) is 15.1. The summed E-state index contributed by atoms with van der Waals surface area (Å²) < 4.78 is 25.1. The highest BCUT2D eigenvalue weighted by Crippen LogP contribution is 2.27. The van der Waals surface area contributed by atoms with E-state index in [1.807, 2.05) is 0 Å². The van der Waals surface area contributed by atoms with Crippen LogP contribution in [0.1, 0.15) is 26.2 Å². The molecular weight excluding hydrogens is 425 g/mol. The average molecular weight is 471 g/mol. The van der Waals surface area contributed by atoms with Crippen LogP contribution in [-0.4, -0.2) is 69.9 Å². The largest absolute Gasteiger partial charge is 0.436 e. The molecule has 2 N–H and O–H groups in total. The van der Waals surface area contributed by atoms with Gasteiger partial charge in [0, 0.05) is 6.61 Å². The highest BCUT2D eigenvalue weighted by Gasteiger charge is 2.43. The van der Waals surface area contributed by atoms with Crippen LogP contribution >= 0.6 is 0 Å². The molecule has 0 aliphatic carbocycles. The Bertz CT molecular complexity index is 432. The number of ether oxygens (including phenoxy) is 1. The second-order valence-corrected chi connectivity index (χ2v) is 25.8. The molecule has 28 heavy (non-hydrogen) atoms. The van der Waals surface area contributed by atoms with E-state index < -0.39 is 39.9 Å². The summed E-state index contributed by atoms with van der Waals surface area (Å²) in [5.74, 6) is 0. The van der Waals surface area contributed by atoms with Gasteiger partial charge in [0.15, 0.2) is 16.6 Å². The molecule has 0 aromatic rings. The maximum atomic E-state index is 9.30. The zero-order valence-electron chi connectivity index (χ0n) is 19.8. The van der Waals surface area contributed by atoms with E-state index in [4.69, 9.17) is 22.2 Å². The lowest BCUT2D eigenvalue weighted by Crippen LogP contribution is -2.56. The van der Waals surface area contributed by atoms with Crippen LogP contribution in [0, 0.1) is 0 Å². The van der Waals surface area contributed by atoms with E-state index in [0.29, 0.717) is 6.61 Å². The maximum Gasteiger partial charge on any atom is 0.312 e. The highest BCUT2D eigenvalue weighted by molar-refractivity contribution is 6.89. The topological polar surface area (TPSA) is 77.4 Å². The van der Waals surface area contributed by atoms with E-state index in [1.54, 1.807) is 0 Å². The summed E-state index contributed by atoms with van der Waals surface area (Å²) in [7, 11) is -8.11. The quantitative estimate of drug-likeness (QED) is 0.257. The first-order chi connectivity index (χ1) is 12.6. The first-order valence-corrected chi connectivity index (χ1v) is 22.5. The van der Waals surface area contributed by atoms with Crippen LogP contribution in [0.15, 0.2) is 0 Å². The van der Waals surface area contributed by atoms with E-state index in [0.717, 1.165) is 12.5 Å². The van der Waals surface area contributed by atoms with Gasteiger partial charge in [-0.25, -0.2) is 0 Å². The standard InChI is InChI=1S/C18H46O6Si4/c1-10-11-14-25(2,3)22-27(6,7)24-28(8,9)23-26(4,5)15-12-13-21-17-18(20)16-19/h18-20H,10-17H2,1-9H3. The van der Waals surface area contributed by atoms with E-state index in [-0.39, 0.29) is 13.2 Å². The molecule has 170 valence electrons. The van der Waals surface area contributed by atoms with Crippen LogP contribution in [0.2, 0.25) is 64.5 Å². The summed E-state index contributed by atoms with van der Waals surface area (Å²) in [6, 6.07) is 2.15. The van der Waals surface area contributed by atoms with Crippen LogP contribution in [0.5, 0.6) is 0 Å². The Morgan fingerprint density at radius 2 is 1.21 bits per heavy atom. The van der Waals surface area contributed by atoms with Crippen molar-refractivity contribution in [1.29, 1.82) is 0 Å². The third-order valence-corrected chi connectivity index (χ3v) is 19.7. The molecule has 6 nitrogen and oxygen atoms in total. The van der Waals surface area contributed by atoms with Crippen molar-refractivity contribution in [3.05, 3.63) is 0 Å². The van der Waals surface area contributed by atoms with Gasteiger partial charge in [0.1, 0.15) is 6.10 Å². The summed E-state index contributed by atoms with van der Waals surface area (Å²) in [5, 5.41) is 18.1. The number of hydrogen-bond acceptors (Lipinski definition) is 6. The third kappa shape index (κ3) is 14.6. The van der Waals surface area contributed by atoms with Crippen molar-refractivity contribution >= 4 is 33.8 Å². The molecular formula is C18H46O6Si4. The minimum Gasteiger partial charge on any atom is -0.436 e. The summed E-state index contributed by atoms with van der Waals surface area (Å²) >= 11 is 0. The first-order valence-electron chi connectivity index (χ1n) is 10.6. The molecule has 0 rings (SSSR count). The molecule has 1 atom stereocenters. The second-order valence-electron chi connectivity index (χ2n) is 9.74. The Morgan fingerprint density at radius 1 is 0.750 bits per heavy atom. The van der Waals surface area contributed by atoms with E-state index in [1.165, 1.54) is 18.9 Å². The molecule has 0 aromatic carbocycles. The SMILES string of the molecule is CCCC[Si](C)(C)O[Si](C)(C)O[Si](C)(C)O[Si](C)(C)CCCOCC(O)CO.